The van der Waals surface area contributed by atoms with Gasteiger partial charge in [-0.3, -0.25) is 24.5 Å². The lowest BCUT2D eigenvalue weighted by atomic mass is 10.1. The lowest BCUT2D eigenvalue weighted by Crippen LogP contribution is -2.22. The second-order valence-corrected chi connectivity index (χ2v) is 7.64. The molecule has 1 amide bonds. The van der Waals surface area contributed by atoms with Gasteiger partial charge in [0, 0.05) is 24.5 Å². The first-order chi connectivity index (χ1) is 12.8. The maximum Gasteiger partial charge on any atom is 0.316 e. The minimum atomic E-state index is -3.13. The van der Waals surface area contributed by atoms with Crippen LogP contribution in [-0.4, -0.2) is 48.1 Å². The fraction of sp³-hybridized carbons (Fsp3) is 0.600. The van der Waals surface area contributed by atoms with E-state index in [9.17, 15) is 19.3 Å². The first-order valence-corrected chi connectivity index (χ1v) is 9.84. The molecule has 1 aliphatic rings. The van der Waals surface area contributed by atoms with Crippen LogP contribution >= 0.6 is 8.25 Å². The molecular weight excluding hydrogens is 377 g/mol. The summed E-state index contributed by atoms with van der Waals surface area (Å²) < 4.78 is 17.8. The SMILES string of the molecule is CC(C)C(=O)Nc1nc2c(ncn2[C@@H]2C[C@H](CO)[C@@H](O[PH](=O)O)C2)c(=O)[nH]1. The number of rotatable bonds is 6. The van der Waals surface area contributed by atoms with Crippen molar-refractivity contribution in [1.82, 2.24) is 19.5 Å². The van der Waals surface area contributed by atoms with Gasteiger partial charge in [-0.1, -0.05) is 13.8 Å². The Labute approximate surface area is 154 Å². The number of aliphatic hydroxyl groups excluding tert-OH is 1. The highest BCUT2D eigenvalue weighted by atomic mass is 31.1. The third-order valence-electron chi connectivity index (χ3n) is 4.68. The Morgan fingerprint density at radius 3 is 2.89 bits per heavy atom. The minimum Gasteiger partial charge on any atom is -0.396 e. The highest BCUT2D eigenvalue weighted by Crippen LogP contribution is 2.40. The average molecular weight is 399 g/mol. The second-order valence-electron chi connectivity index (χ2n) is 6.87. The van der Waals surface area contributed by atoms with Crippen molar-refractivity contribution in [3.8, 4) is 0 Å². The number of imidazole rings is 1. The van der Waals surface area contributed by atoms with E-state index in [-0.39, 0.29) is 47.5 Å². The summed E-state index contributed by atoms with van der Waals surface area (Å²) in [6.07, 6.45) is 1.74. The van der Waals surface area contributed by atoms with Crippen molar-refractivity contribution in [2.24, 2.45) is 11.8 Å². The average Bonchev–Trinajstić information content (AvgIpc) is 3.18. The van der Waals surface area contributed by atoms with Crippen molar-refractivity contribution in [3.05, 3.63) is 16.7 Å². The number of aliphatic hydroxyl groups is 1. The standard InChI is InChI=1S/C15H22N5O6P/c1-7(2)13(22)18-15-17-12-11(14(23)19-15)16-6-20(12)9-3-8(5-21)10(4-9)26-27(24)25/h6-10,21,27H,3-5H2,1-2H3,(H,24,25)(H2,17,18,19,22,23)/t8-,9-,10+/m1/s1. The van der Waals surface area contributed by atoms with Crippen LogP contribution in [0.15, 0.2) is 11.1 Å². The van der Waals surface area contributed by atoms with Crippen LogP contribution in [-0.2, 0) is 13.9 Å². The molecule has 0 aromatic carbocycles. The van der Waals surface area contributed by atoms with E-state index in [4.69, 9.17) is 9.42 Å². The van der Waals surface area contributed by atoms with Crippen LogP contribution in [0.2, 0.25) is 0 Å². The number of aromatic nitrogens is 4. The normalized spacial score (nSPS) is 23.8. The summed E-state index contributed by atoms with van der Waals surface area (Å²) in [7, 11) is -3.13. The largest absolute Gasteiger partial charge is 0.396 e. The van der Waals surface area contributed by atoms with E-state index < -0.39 is 19.9 Å². The summed E-state index contributed by atoms with van der Waals surface area (Å²) in [5.74, 6) is -0.852. The Bertz CT molecular complexity index is 925. The quantitative estimate of drug-likeness (QED) is 0.509. The van der Waals surface area contributed by atoms with Gasteiger partial charge in [-0.15, -0.1) is 0 Å². The molecular formula is C15H22N5O6P. The molecule has 4 atom stereocenters. The lowest BCUT2D eigenvalue weighted by molar-refractivity contribution is -0.118. The number of aromatic amines is 1. The first kappa shape index (κ1) is 19.7. The molecule has 27 heavy (non-hydrogen) atoms. The summed E-state index contributed by atoms with van der Waals surface area (Å²) >= 11 is 0. The predicted octanol–water partition coefficient (Wildman–Crippen LogP) is 0.425. The van der Waals surface area contributed by atoms with Gasteiger partial charge < -0.3 is 19.1 Å². The van der Waals surface area contributed by atoms with Crippen molar-refractivity contribution in [1.29, 1.82) is 0 Å². The summed E-state index contributed by atoms with van der Waals surface area (Å²) in [4.78, 5) is 44.1. The van der Waals surface area contributed by atoms with Gasteiger partial charge in [0.1, 0.15) is 0 Å². The number of amides is 1. The monoisotopic (exact) mass is 399 g/mol. The Morgan fingerprint density at radius 2 is 2.26 bits per heavy atom. The fourth-order valence-electron chi connectivity index (χ4n) is 3.26. The smallest absolute Gasteiger partial charge is 0.316 e. The summed E-state index contributed by atoms with van der Waals surface area (Å²) in [6, 6.07) is -0.221. The van der Waals surface area contributed by atoms with E-state index in [2.05, 4.69) is 20.3 Å². The molecule has 2 heterocycles. The van der Waals surface area contributed by atoms with Crippen molar-refractivity contribution >= 4 is 31.3 Å². The van der Waals surface area contributed by atoms with E-state index in [1.165, 1.54) is 6.33 Å². The Morgan fingerprint density at radius 1 is 1.52 bits per heavy atom. The van der Waals surface area contributed by atoms with Gasteiger partial charge in [-0.25, -0.2) is 4.98 Å². The molecule has 2 aromatic rings. The number of nitrogens with zero attached hydrogens (tertiary/aromatic N) is 3. The summed E-state index contributed by atoms with van der Waals surface area (Å²) in [6.45, 7) is 3.25. The number of hydrogen-bond donors (Lipinski definition) is 4. The molecule has 2 aromatic heterocycles. The van der Waals surface area contributed by atoms with Crippen LogP contribution in [0.25, 0.3) is 11.2 Å². The zero-order chi connectivity index (χ0) is 19.7. The van der Waals surface area contributed by atoms with Crippen LogP contribution < -0.4 is 10.9 Å². The van der Waals surface area contributed by atoms with Gasteiger partial charge in [-0.2, -0.15) is 4.98 Å². The molecule has 0 radical (unpaired) electrons. The van der Waals surface area contributed by atoms with Gasteiger partial charge in [-0.05, 0) is 12.8 Å². The molecule has 0 aliphatic heterocycles. The minimum absolute atomic E-state index is 0.0258. The molecule has 4 N–H and O–H groups in total. The summed E-state index contributed by atoms with van der Waals surface area (Å²) in [5, 5.41) is 12.1. The van der Waals surface area contributed by atoms with Crippen LogP contribution in [0.1, 0.15) is 32.7 Å². The van der Waals surface area contributed by atoms with E-state index in [1.54, 1.807) is 18.4 Å². The molecule has 0 spiro atoms. The zero-order valence-corrected chi connectivity index (χ0v) is 15.9. The Kier molecular flexibility index (Phi) is 5.75. The van der Waals surface area contributed by atoms with E-state index in [0.717, 1.165) is 0 Å². The van der Waals surface area contributed by atoms with E-state index >= 15 is 0 Å². The number of H-pyrrole nitrogens is 1. The van der Waals surface area contributed by atoms with Crippen LogP contribution in [0.5, 0.6) is 0 Å². The molecule has 1 fully saturated rings. The second kappa shape index (κ2) is 7.89. The van der Waals surface area contributed by atoms with Crippen molar-refractivity contribution < 1.29 is 23.9 Å². The van der Waals surface area contributed by atoms with Gasteiger partial charge in [0.25, 0.3) is 5.56 Å². The number of nitrogens with one attached hydrogen (secondary N) is 2. The van der Waals surface area contributed by atoms with Crippen molar-refractivity contribution in [2.75, 3.05) is 11.9 Å². The number of hydrogen-bond acceptors (Lipinski definition) is 7. The third-order valence-corrected chi connectivity index (χ3v) is 5.19. The van der Waals surface area contributed by atoms with E-state index in [0.29, 0.717) is 12.8 Å². The molecule has 12 heteroatoms. The summed E-state index contributed by atoms with van der Waals surface area (Å²) in [5.41, 5.74) is -0.0716. The maximum atomic E-state index is 12.3. The highest BCUT2D eigenvalue weighted by Gasteiger charge is 2.37. The van der Waals surface area contributed by atoms with Gasteiger partial charge in [0.05, 0.1) is 12.4 Å². The van der Waals surface area contributed by atoms with Crippen molar-refractivity contribution in [2.45, 2.75) is 38.8 Å². The van der Waals surface area contributed by atoms with E-state index in [1.807, 2.05) is 0 Å². The van der Waals surface area contributed by atoms with Crippen LogP contribution in [0.4, 0.5) is 5.95 Å². The predicted molar refractivity (Wildman–Crippen MR) is 96.6 cm³/mol. The van der Waals surface area contributed by atoms with Crippen LogP contribution in [0, 0.1) is 11.8 Å². The Balaban J connectivity index is 1.93. The third kappa shape index (κ3) is 4.11. The number of carbonyl (C=O) groups excluding carboxylic acids is 1. The van der Waals surface area contributed by atoms with Gasteiger partial charge in [0.15, 0.2) is 11.2 Å². The van der Waals surface area contributed by atoms with Crippen LogP contribution in [0.3, 0.4) is 0 Å². The molecule has 1 aliphatic carbocycles. The lowest BCUT2D eigenvalue weighted by Gasteiger charge is -2.15. The molecule has 1 saturated carbocycles. The molecule has 0 saturated heterocycles. The fourth-order valence-corrected chi connectivity index (χ4v) is 3.81. The molecule has 1 unspecified atom stereocenters. The molecule has 3 rings (SSSR count). The Hall–Kier alpha value is -2.07. The first-order valence-electron chi connectivity index (χ1n) is 8.58. The molecule has 11 nitrogen and oxygen atoms in total. The number of anilines is 1. The molecule has 148 valence electrons. The van der Waals surface area contributed by atoms with Crippen molar-refractivity contribution in [3.63, 3.8) is 0 Å². The maximum absolute atomic E-state index is 12.3. The topological polar surface area (TPSA) is 159 Å². The highest BCUT2D eigenvalue weighted by molar-refractivity contribution is 7.32. The van der Waals surface area contributed by atoms with Gasteiger partial charge in [0.2, 0.25) is 11.9 Å². The number of fused-ring (bicyclic) bond motifs is 1. The van der Waals surface area contributed by atoms with Gasteiger partial charge >= 0.3 is 8.25 Å². The molecule has 0 bridgehead atoms. The zero-order valence-electron chi connectivity index (χ0n) is 14.9. The number of carbonyl (C=O) groups is 1.